The van der Waals surface area contributed by atoms with Crippen molar-refractivity contribution in [2.75, 3.05) is 19.6 Å². The monoisotopic (exact) mass is 243 g/mol. The number of nitrogens with two attached hydrogens (primary N) is 1. The number of pyridine rings is 1. The van der Waals surface area contributed by atoms with Gasteiger partial charge in [-0.25, -0.2) is 0 Å². The van der Waals surface area contributed by atoms with Crippen molar-refractivity contribution in [2.45, 2.75) is 19.9 Å². The van der Waals surface area contributed by atoms with Crippen molar-refractivity contribution in [1.82, 2.24) is 9.88 Å². The van der Waals surface area contributed by atoms with Crippen LogP contribution in [0.3, 0.4) is 0 Å². The Balaban J connectivity index is 2.51. The molecule has 3 nitrogen and oxygen atoms in total. The lowest BCUT2D eigenvalue weighted by molar-refractivity contribution is 0.225. The lowest BCUT2D eigenvalue weighted by atomic mass is 10.0. The molecule has 0 radical (unpaired) electrons. The predicted molar refractivity (Wildman–Crippen MR) is 76.5 cm³/mol. The molecule has 96 valence electrons. The topological polar surface area (TPSA) is 42.1 Å². The van der Waals surface area contributed by atoms with Gasteiger partial charge in [-0.05, 0) is 24.7 Å². The van der Waals surface area contributed by atoms with Crippen molar-refractivity contribution in [3.8, 4) is 0 Å². The predicted octanol–water partition coefficient (Wildman–Crippen LogP) is 2.58. The van der Waals surface area contributed by atoms with E-state index in [1.807, 2.05) is 12.3 Å². The van der Waals surface area contributed by atoms with Crippen LogP contribution in [0.25, 0.3) is 10.9 Å². The molecule has 2 aromatic rings. The summed E-state index contributed by atoms with van der Waals surface area (Å²) in [6.45, 7) is 6.97. The summed E-state index contributed by atoms with van der Waals surface area (Å²) < 4.78 is 0. The smallest absolute Gasteiger partial charge is 0.0750 e. The second kappa shape index (κ2) is 5.94. The molecule has 0 spiro atoms. The van der Waals surface area contributed by atoms with E-state index < -0.39 is 0 Å². The van der Waals surface area contributed by atoms with Crippen LogP contribution >= 0.6 is 0 Å². The molecule has 1 atom stereocenters. The summed E-state index contributed by atoms with van der Waals surface area (Å²) >= 11 is 0. The van der Waals surface area contributed by atoms with Gasteiger partial charge in [0.15, 0.2) is 0 Å². The van der Waals surface area contributed by atoms with Gasteiger partial charge in [-0.1, -0.05) is 38.1 Å². The van der Waals surface area contributed by atoms with Crippen LogP contribution in [-0.2, 0) is 0 Å². The van der Waals surface area contributed by atoms with E-state index in [1.165, 1.54) is 10.9 Å². The van der Waals surface area contributed by atoms with Crippen molar-refractivity contribution < 1.29 is 0 Å². The van der Waals surface area contributed by atoms with Gasteiger partial charge >= 0.3 is 0 Å². The zero-order valence-electron chi connectivity index (χ0n) is 11.1. The molecule has 1 unspecified atom stereocenters. The highest BCUT2D eigenvalue weighted by Gasteiger charge is 2.18. The number of likely N-dealkylation sites (N-methyl/N-ethyl adjacent to an activating group) is 1. The molecule has 18 heavy (non-hydrogen) atoms. The Morgan fingerprint density at radius 1 is 1.17 bits per heavy atom. The molecular formula is C15H21N3. The van der Waals surface area contributed by atoms with Crippen molar-refractivity contribution in [1.29, 1.82) is 0 Å². The molecule has 2 rings (SSSR count). The van der Waals surface area contributed by atoms with Crippen LogP contribution in [0.15, 0.2) is 36.5 Å². The Bertz CT molecular complexity index is 501. The van der Waals surface area contributed by atoms with Gasteiger partial charge in [0.05, 0.1) is 5.52 Å². The first-order valence-corrected chi connectivity index (χ1v) is 6.59. The molecule has 0 bridgehead atoms. The van der Waals surface area contributed by atoms with E-state index >= 15 is 0 Å². The Morgan fingerprint density at radius 2 is 1.89 bits per heavy atom. The highest BCUT2D eigenvalue weighted by Crippen LogP contribution is 2.25. The van der Waals surface area contributed by atoms with Gasteiger partial charge in [-0.2, -0.15) is 0 Å². The second-order valence-corrected chi connectivity index (χ2v) is 4.40. The van der Waals surface area contributed by atoms with E-state index in [0.29, 0.717) is 6.54 Å². The fourth-order valence-electron chi connectivity index (χ4n) is 2.53. The first-order chi connectivity index (χ1) is 8.81. The zero-order chi connectivity index (χ0) is 13.0. The largest absolute Gasteiger partial charge is 0.329 e. The molecule has 1 aromatic carbocycles. The SMILES string of the molecule is CCN(CC)C(CN)c1cccc2cccnc12. The number of nitrogens with zero attached hydrogens (tertiary/aromatic N) is 2. The summed E-state index contributed by atoms with van der Waals surface area (Å²) in [7, 11) is 0. The maximum absolute atomic E-state index is 5.98. The van der Waals surface area contributed by atoms with Gasteiger partial charge in [-0.15, -0.1) is 0 Å². The summed E-state index contributed by atoms with van der Waals surface area (Å²) in [5.74, 6) is 0. The molecule has 0 saturated carbocycles. The van der Waals surface area contributed by atoms with Crippen LogP contribution in [0.1, 0.15) is 25.5 Å². The number of benzene rings is 1. The van der Waals surface area contributed by atoms with E-state index in [9.17, 15) is 0 Å². The Morgan fingerprint density at radius 3 is 2.56 bits per heavy atom. The zero-order valence-corrected chi connectivity index (χ0v) is 11.1. The molecule has 3 heteroatoms. The lowest BCUT2D eigenvalue weighted by Crippen LogP contribution is -2.33. The number of para-hydroxylation sites is 1. The van der Waals surface area contributed by atoms with Gasteiger partial charge in [0, 0.05) is 24.2 Å². The minimum Gasteiger partial charge on any atom is -0.329 e. The standard InChI is InChI=1S/C15H21N3/c1-3-18(4-2)14(11-16)13-9-5-7-12-8-6-10-17-15(12)13/h5-10,14H,3-4,11,16H2,1-2H3. The highest BCUT2D eigenvalue weighted by atomic mass is 15.2. The van der Waals surface area contributed by atoms with Gasteiger partial charge < -0.3 is 5.73 Å². The van der Waals surface area contributed by atoms with Crippen LogP contribution in [0, 0.1) is 0 Å². The molecule has 1 heterocycles. The van der Waals surface area contributed by atoms with E-state index in [4.69, 9.17) is 5.73 Å². The van der Waals surface area contributed by atoms with Gasteiger partial charge in [0.1, 0.15) is 0 Å². The third-order valence-corrected chi connectivity index (χ3v) is 3.50. The summed E-state index contributed by atoms with van der Waals surface area (Å²) in [6.07, 6.45) is 1.85. The van der Waals surface area contributed by atoms with Crippen molar-refractivity contribution in [3.05, 3.63) is 42.1 Å². The third-order valence-electron chi connectivity index (χ3n) is 3.50. The van der Waals surface area contributed by atoms with E-state index in [-0.39, 0.29) is 6.04 Å². The molecule has 0 amide bonds. The quantitative estimate of drug-likeness (QED) is 0.877. The normalized spacial score (nSPS) is 13.1. The summed E-state index contributed by atoms with van der Waals surface area (Å²) in [4.78, 5) is 6.90. The fourth-order valence-corrected chi connectivity index (χ4v) is 2.53. The average Bonchev–Trinajstić information content (AvgIpc) is 2.44. The summed E-state index contributed by atoms with van der Waals surface area (Å²) in [6, 6.07) is 10.7. The third kappa shape index (κ3) is 2.37. The van der Waals surface area contributed by atoms with E-state index in [0.717, 1.165) is 18.6 Å². The average molecular weight is 243 g/mol. The number of fused-ring (bicyclic) bond motifs is 1. The molecule has 2 N–H and O–H groups in total. The molecule has 0 aliphatic rings. The van der Waals surface area contributed by atoms with Crippen LogP contribution < -0.4 is 5.73 Å². The van der Waals surface area contributed by atoms with Crippen LogP contribution in [0.2, 0.25) is 0 Å². The number of rotatable bonds is 5. The van der Waals surface area contributed by atoms with E-state index in [1.54, 1.807) is 0 Å². The van der Waals surface area contributed by atoms with Crippen molar-refractivity contribution >= 4 is 10.9 Å². The lowest BCUT2D eigenvalue weighted by Gasteiger charge is -2.29. The molecule has 0 saturated heterocycles. The highest BCUT2D eigenvalue weighted by molar-refractivity contribution is 5.82. The fraction of sp³-hybridized carbons (Fsp3) is 0.400. The van der Waals surface area contributed by atoms with Gasteiger partial charge in [0.2, 0.25) is 0 Å². The molecular weight excluding hydrogens is 222 g/mol. The maximum Gasteiger partial charge on any atom is 0.0750 e. The number of aromatic nitrogens is 1. The van der Waals surface area contributed by atoms with Gasteiger partial charge in [0.25, 0.3) is 0 Å². The minimum absolute atomic E-state index is 0.249. The Hall–Kier alpha value is -1.45. The number of hydrogen-bond donors (Lipinski definition) is 1. The van der Waals surface area contributed by atoms with Crippen molar-refractivity contribution in [2.24, 2.45) is 5.73 Å². The number of hydrogen-bond acceptors (Lipinski definition) is 3. The Kier molecular flexibility index (Phi) is 4.28. The molecule has 0 aliphatic carbocycles. The Labute approximate surface area is 109 Å². The first-order valence-electron chi connectivity index (χ1n) is 6.59. The maximum atomic E-state index is 5.98. The van der Waals surface area contributed by atoms with Crippen LogP contribution in [-0.4, -0.2) is 29.5 Å². The van der Waals surface area contributed by atoms with Crippen LogP contribution in [0.5, 0.6) is 0 Å². The van der Waals surface area contributed by atoms with E-state index in [2.05, 4.69) is 48.0 Å². The summed E-state index contributed by atoms with van der Waals surface area (Å²) in [5, 5.41) is 1.18. The van der Waals surface area contributed by atoms with Crippen molar-refractivity contribution in [3.63, 3.8) is 0 Å². The van der Waals surface area contributed by atoms with Crippen LogP contribution in [0.4, 0.5) is 0 Å². The molecule has 0 fully saturated rings. The minimum atomic E-state index is 0.249. The molecule has 1 aromatic heterocycles. The second-order valence-electron chi connectivity index (χ2n) is 4.40. The van der Waals surface area contributed by atoms with Gasteiger partial charge in [-0.3, -0.25) is 9.88 Å². The summed E-state index contributed by atoms with van der Waals surface area (Å²) in [5.41, 5.74) is 8.29. The first kappa shape index (κ1) is 13.0. The molecule has 0 aliphatic heterocycles.